The van der Waals surface area contributed by atoms with E-state index in [-0.39, 0.29) is 17.6 Å². The molecule has 242 valence electrons. The number of benzene rings is 3. The summed E-state index contributed by atoms with van der Waals surface area (Å²) in [6.45, 7) is 11.1. The van der Waals surface area contributed by atoms with Crippen LogP contribution >= 0.6 is 0 Å². The SMILES string of the molecule is CCCCCCCN(Cc1ccc(CC(C)(C)C)cc1)C(=O)OC1CCN(C(=O)Oc2ccc(Oc3ccccc3)cc2)CC1. The van der Waals surface area contributed by atoms with Crippen LogP contribution in [0, 0.1) is 5.41 Å². The Hall–Kier alpha value is -4.00. The summed E-state index contributed by atoms with van der Waals surface area (Å²) in [5.41, 5.74) is 2.64. The molecular weight excluding hydrogens is 564 g/mol. The molecular formula is C38H50N2O5. The van der Waals surface area contributed by atoms with Crippen LogP contribution < -0.4 is 9.47 Å². The molecule has 0 aromatic heterocycles. The van der Waals surface area contributed by atoms with Gasteiger partial charge in [0.15, 0.2) is 0 Å². The van der Waals surface area contributed by atoms with Crippen molar-refractivity contribution in [3.8, 4) is 17.2 Å². The van der Waals surface area contributed by atoms with E-state index >= 15 is 0 Å². The number of ether oxygens (including phenoxy) is 3. The van der Waals surface area contributed by atoms with Crippen molar-refractivity contribution in [3.05, 3.63) is 90.0 Å². The van der Waals surface area contributed by atoms with Crippen LogP contribution in [0.1, 0.15) is 83.8 Å². The van der Waals surface area contributed by atoms with Crippen molar-refractivity contribution >= 4 is 12.2 Å². The molecule has 4 rings (SSSR count). The van der Waals surface area contributed by atoms with Crippen molar-refractivity contribution in [2.24, 2.45) is 5.41 Å². The van der Waals surface area contributed by atoms with Crippen molar-refractivity contribution in [1.29, 1.82) is 0 Å². The van der Waals surface area contributed by atoms with Gasteiger partial charge in [-0.1, -0.05) is 95.8 Å². The first-order valence-corrected chi connectivity index (χ1v) is 16.5. The van der Waals surface area contributed by atoms with E-state index in [2.05, 4.69) is 52.0 Å². The van der Waals surface area contributed by atoms with Crippen LogP contribution in [-0.2, 0) is 17.7 Å². The van der Waals surface area contributed by atoms with Crippen LogP contribution in [0.5, 0.6) is 17.2 Å². The molecule has 0 bridgehead atoms. The van der Waals surface area contributed by atoms with Crippen LogP contribution in [0.25, 0.3) is 0 Å². The Labute approximate surface area is 269 Å². The summed E-state index contributed by atoms with van der Waals surface area (Å²) in [5, 5.41) is 0. The number of rotatable bonds is 13. The molecule has 1 fully saturated rings. The van der Waals surface area contributed by atoms with Crippen LogP contribution in [0.4, 0.5) is 9.59 Å². The second kappa shape index (κ2) is 16.9. The predicted octanol–water partition coefficient (Wildman–Crippen LogP) is 9.64. The first-order valence-electron chi connectivity index (χ1n) is 16.5. The number of unbranched alkanes of at least 4 members (excludes halogenated alkanes) is 4. The maximum atomic E-state index is 13.4. The number of para-hydroxylation sites is 1. The fraction of sp³-hybridized carbons (Fsp3) is 0.474. The molecule has 0 radical (unpaired) electrons. The maximum absolute atomic E-state index is 13.4. The Balaban J connectivity index is 1.25. The van der Waals surface area contributed by atoms with Crippen molar-refractivity contribution in [2.45, 2.75) is 91.7 Å². The number of carbonyl (C=O) groups excluding carboxylic acids is 2. The lowest BCUT2D eigenvalue weighted by molar-refractivity contribution is 0.0292. The largest absolute Gasteiger partial charge is 0.457 e. The minimum atomic E-state index is -0.403. The predicted molar refractivity (Wildman–Crippen MR) is 179 cm³/mol. The fourth-order valence-corrected chi connectivity index (χ4v) is 5.48. The van der Waals surface area contributed by atoms with E-state index in [1.165, 1.54) is 24.8 Å². The minimum absolute atomic E-state index is 0.228. The third kappa shape index (κ3) is 11.8. The van der Waals surface area contributed by atoms with E-state index in [4.69, 9.17) is 14.2 Å². The summed E-state index contributed by atoms with van der Waals surface area (Å²) in [4.78, 5) is 29.7. The van der Waals surface area contributed by atoms with Gasteiger partial charge >= 0.3 is 12.2 Å². The van der Waals surface area contributed by atoms with Crippen molar-refractivity contribution in [3.63, 3.8) is 0 Å². The van der Waals surface area contributed by atoms with E-state index < -0.39 is 6.09 Å². The fourth-order valence-electron chi connectivity index (χ4n) is 5.48. The van der Waals surface area contributed by atoms with Gasteiger partial charge in [-0.15, -0.1) is 0 Å². The molecule has 1 aliphatic heterocycles. The zero-order valence-corrected chi connectivity index (χ0v) is 27.5. The molecule has 1 saturated heterocycles. The average Bonchev–Trinajstić information content (AvgIpc) is 3.02. The first kappa shape index (κ1) is 33.9. The summed E-state index contributed by atoms with van der Waals surface area (Å²) in [5.74, 6) is 1.86. The second-order valence-corrected chi connectivity index (χ2v) is 13.2. The standard InChI is InChI=1S/C38H50N2O5/c1-5-6-7-8-12-25-40(29-31-17-15-30(16-18-31)28-38(2,3)4)37(42)45-35-23-26-39(27-24-35)36(41)44-34-21-19-33(20-22-34)43-32-13-10-9-11-14-32/h9-11,13-22,35H,5-8,12,23-29H2,1-4H3. The first-order chi connectivity index (χ1) is 21.7. The molecule has 0 N–H and O–H groups in total. The van der Waals surface area contributed by atoms with Crippen LogP contribution in [-0.4, -0.2) is 47.7 Å². The molecule has 0 spiro atoms. The topological polar surface area (TPSA) is 68.3 Å². The summed E-state index contributed by atoms with van der Waals surface area (Å²) in [6.07, 6.45) is 6.92. The van der Waals surface area contributed by atoms with Crippen LogP contribution in [0.3, 0.4) is 0 Å². The highest BCUT2D eigenvalue weighted by Gasteiger charge is 2.28. The molecule has 0 atom stereocenters. The summed E-state index contributed by atoms with van der Waals surface area (Å²) in [7, 11) is 0. The molecule has 0 unspecified atom stereocenters. The summed E-state index contributed by atoms with van der Waals surface area (Å²) in [6, 6.07) is 25.1. The molecule has 2 amide bonds. The van der Waals surface area contributed by atoms with Gasteiger partial charge < -0.3 is 24.0 Å². The maximum Gasteiger partial charge on any atom is 0.415 e. The Morgan fingerprint density at radius 2 is 1.38 bits per heavy atom. The normalized spacial score (nSPS) is 13.7. The Bertz CT molecular complexity index is 1310. The lowest BCUT2D eigenvalue weighted by Crippen LogP contribution is -2.44. The Morgan fingerprint density at radius 1 is 0.778 bits per heavy atom. The zero-order valence-electron chi connectivity index (χ0n) is 27.5. The highest BCUT2D eigenvalue weighted by molar-refractivity contribution is 5.71. The Kier molecular flexibility index (Phi) is 12.7. The van der Waals surface area contributed by atoms with Gasteiger partial charge in [0.2, 0.25) is 0 Å². The third-order valence-corrected chi connectivity index (χ3v) is 7.90. The van der Waals surface area contributed by atoms with E-state index in [0.717, 1.165) is 30.6 Å². The lowest BCUT2D eigenvalue weighted by Gasteiger charge is -2.32. The van der Waals surface area contributed by atoms with Gasteiger partial charge in [-0.05, 0) is 65.8 Å². The van der Waals surface area contributed by atoms with Crippen molar-refractivity contribution < 1.29 is 23.8 Å². The number of hydrogen-bond acceptors (Lipinski definition) is 5. The zero-order chi connectivity index (χ0) is 32.1. The minimum Gasteiger partial charge on any atom is -0.457 e. The number of carbonyl (C=O) groups is 2. The number of piperidine rings is 1. The van der Waals surface area contributed by atoms with E-state index in [1.807, 2.05) is 35.2 Å². The highest BCUT2D eigenvalue weighted by Crippen LogP contribution is 2.25. The highest BCUT2D eigenvalue weighted by atomic mass is 16.6. The molecule has 1 heterocycles. The second-order valence-electron chi connectivity index (χ2n) is 13.2. The molecule has 7 heteroatoms. The quantitative estimate of drug-likeness (QED) is 0.179. The molecule has 45 heavy (non-hydrogen) atoms. The van der Waals surface area contributed by atoms with E-state index in [1.54, 1.807) is 29.2 Å². The van der Waals surface area contributed by atoms with E-state index in [0.29, 0.717) is 50.5 Å². The number of likely N-dealkylation sites (tertiary alicyclic amines) is 1. The van der Waals surface area contributed by atoms with Crippen LogP contribution in [0.15, 0.2) is 78.9 Å². The monoisotopic (exact) mass is 614 g/mol. The summed E-state index contributed by atoms with van der Waals surface area (Å²) < 4.78 is 17.4. The van der Waals surface area contributed by atoms with Gasteiger partial charge in [0.05, 0.1) is 0 Å². The summed E-state index contributed by atoms with van der Waals surface area (Å²) >= 11 is 0. The number of hydrogen-bond donors (Lipinski definition) is 0. The van der Waals surface area contributed by atoms with Gasteiger partial charge in [-0.2, -0.15) is 0 Å². The van der Waals surface area contributed by atoms with Crippen LogP contribution in [0.2, 0.25) is 0 Å². The number of nitrogens with zero attached hydrogens (tertiary/aromatic N) is 2. The molecule has 3 aromatic rings. The van der Waals surface area contributed by atoms with E-state index in [9.17, 15) is 9.59 Å². The third-order valence-electron chi connectivity index (χ3n) is 7.90. The van der Waals surface area contributed by atoms with Gasteiger partial charge in [0.25, 0.3) is 0 Å². The van der Waals surface area contributed by atoms with Gasteiger partial charge in [0, 0.05) is 39.0 Å². The lowest BCUT2D eigenvalue weighted by atomic mass is 9.88. The smallest absolute Gasteiger partial charge is 0.415 e. The molecule has 3 aromatic carbocycles. The Morgan fingerprint density at radius 3 is 2.02 bits per heavy atom. The van der Waals surface area contributed by atoms with Gasteiger partial charge in [0.1, 0.15) is 23.4 Å². The van der Waals surface area contributed by atoms with Gasteiger partial charge in [-0.3, -0.25) is 0 Å². The average molecular weight is 615 g/mol. The molecule has 0 aliphatic carbocycles. The van der Waals surface area contributed by atoms with Gasteiger partial charge in [-0.25, -0.2) is 9.59 Å². The van der Waals surface area contributed by atoms with Crippen molar-refractivity contribution in [1.82, 2.24) is 9.80 Å². The number of amides is 2. The molecule has 7 nitrogen and oxygen atoms in total. The molecule has 1 aliphatic rings. The molecule has 0 saturated carbocycles. The van der Waals surface area contributed by atoms with Crippen molar-refractivity contribution in [2.75, 3.05) is 19.6 Å².